The Morgan fingerprint density at radius 2 is 1.94 bits per heavy atom. The molecule has 1 aliphatic carbocycles. The first kappa shape index (κ1) is 12.5. The minimum absolute atomic E-state index is 0.0522. The van der Waals surface area contributed by atoms with Crippen molar-refractivity contribution in [3.05, 3.63) is 30.3 Å². The van der Waals surface area contributed by atoms with Crippen LogP contribution in [0.3, 0.4) is 0 Å². The lowest BCUT2D eigenvalue weighted by Gasteiger charge is -2.19. The van der Waals surface area contributed by atoms with Crippen molar-refractivity contribution < 1.29 is 14.9 Å². The molecule has 4 heteroatoms. The quantitative estimate of drug-likeness (QED) is 0.820. The molecule has 1 saturated heterocycles. The largest absolute Gasteiger partial charge is 0.393 e. The van der Waals surface area contributed by atoms with Gasteiger partial charge in [-0.15, -0.1) is 11.8 Å². The van der Waals surface area contributed by atoms with Crippen LogP contribution in [0.4, 0.5) is 0 Å². The van der Waals surface area contributed by atoms with Gasteiger partial charge in [0, 0.05) is 23.5 Å². The summed E-state index contributed by atoms with van der Waals surface area (Å²) in [6, 6.07) is 10.2. The summed E-state index contributed by atoms with van der Waals surface area (Å²) in [5.74, 6) is 1.44. The predicted octanol–water partition coefficient (Wildman–Crippen LogP) is 1.88. The number of aliphatic hydroxyl groups is 2. The maximum Gasteiger partial charge on any atom is 0.155 e. The van der Waals surface area contributed by atoms with Gasteiger partial charge in [0.1, 0.15) is 0 Å². The van der Waals surface area contributed by atoms with Crippen LogP contribution in [-0.2, 0) is 4.74 Å². The molecule has 1 heterocycles. The van der Waals surface area contributed by atoms with Gasteiger partial charge in [-0.2, -0.15) is 0 Å². The summed E-state index contributed by atoms with van der Waals surface area (Å²) in [5.41, 5.74) is 0. The van der Waals surface area contributed by atoms with E-state index in [0.29, 0.717) is 18.8 Å². The van der Waals surface area contributed by atoms with Crippen LogP contribution in [0.15, 0.2) is 35.2 Å². The first-order chi connectivity index (χ1) is 8.74. The zero-order chi connectivity index (χ0) is 12.5. The lowest BCUT2D eigenvalue weighted by molar-refractivity contribution is -0.0950. The number of thioether (sulfide) groups is 1. The highest BCUT2D eigenvalue weighted by Gasteiger charge is 2.48. The second-order valence-electron chi connectivity index (χ2n) is 5.12. The van der Waals surface area contributed by atoms with E-state index in [1.54, 1.807) is 11.8 Å². The van der Waals surface area contributed by atoms with Crippen molar-refractivity contribution in [1.29, 1.82) is 0 Å². The fraction of sp³-hybridized carbons (Fsp3) is 0.571. The van der Waals surface area contributed by atoms with Crippen LogP contribution in [0, 0.1) is 11.8 Å². The molecule has 1 saturated carbocycles. The normalized spacial score (nSPS) is 38.9. The van der Waals surface area contributed by atoms with Crippen LogP contribution < -0.4 is 0 Å². The minimum atomic E-state index is -0.628. The molecule has 3 nitrogen and oxygen atoms in total. The molecule has 1 aromatic rings. The zero-order valence-corrected chi connectivity index (χ0v) is 10.9. The highest BCUT2D eigenvalue weighted by molar-refractivity contribution is 7.99. The molecule has 0 radical (unpaired) electrons. The first-order valence-corrected chi connectivity index (χ1v) is 7.42. The molecule has 1 aromatic carbocycles. The molecular weight excluding hydrogens is 248 g/mol. The summed E-state index contributed by atoms with van der Waals surface area (Å²) in [6.07, 6.45) is 0.473. The van der Waals surface area contributed by atoms with Crippen molar-refractivity contribution in [3.63, 3.8) is 0 Å². The van der Waals surface area contributed by atoms with E-state index in [-0.39, 0.29) is 18.1 Å². The van der Waals surface area contributed by atoms with Gasteiger partial charge in [0.05, 0.1) is 12.2 Å². The Morgan fingerprint density at radius 1 is 1.17 bits per heavy atom. The summed E-state index contributed by atoms with van der Waals surface area (Å²) >= 11 is 1.77. The van der Waals surface area contributed by atoms with Gasteiger partial charge < -0.3 is 14.9 Å². The van der Waals surface area contributed by atoms with Crippen LogP contribution in [0.2, 0.25) is 0 Å². The summed E-state index contributed by atoms with van der Waals surface area (Å²) < 4.78 is 5.42. The topological polar surface area (TPSA) is 49.7 Å². The van der Waals surface area contributed by atoms with Crippen molar-refractivity contribution in [2.75, 3.05) is 5.75 Å². The molecule has 2 fully saturated rings. The highest BCUT2D eigenvalue weighted by Crippen LogP contribution is 2.44. The number of aliphatic hydroxyl groups excluding tert-OH is 2. The van der Waals surface area contributed by atoms with Crippen LogP contribution >= 0.6 is 11.8 Å². The molecule has 3 rings (SSSR count). The van der Waals surface area contributed by atoms with E-state index in [2.05, 4.69) is 12.1 Å². The highest BCUT2D eigenvalue weighted by atomic mass is 32.2. The van der Waals surface area contributed by atoms with E-state index in [1.807, 2.05) is 18.2 Å². The Bertz CT molecular complexity index is 397. The number of hydrogen-bond acceptors (Lipinski definition) is 4. The fourth-order valence-electron chi connectivity index (χ4n) is 3.07. The number of hydrogen-bond donors (Lipinski definition) is 2. The summed E-state index contributed by atoms with van der Waals surface area (Å²) in [5, 5.41) is 19.6. The van der Waals surface area contributed by atoms with Gasteiger partial charge in [-0.3, -0.25) is 0 Å². The van der Waals surface area contributed by atoms with Crippen LogP contribution in [0.5, 0.6) is 0 Å². The van der Waals surface area contributed by atoms with Gasteiger partial charge in [0.15, 0.2) is 6.29 Å². The summed E-state index contributed by atoms with van der Waals surface area (Å²) in [4.78, 5) is 1.23. The third-order valence-corrected chi connectivity index (χ3v) is 5.14. The van der Waals surface area contributed by atoms with E-state index in [1.165, 1.54) is 4.90 Å². The van der Waals surface area contributed by atoms with Crippen LogP contribution in [-0.4, -0.2) is 34.5 Å². The average Bonchev–Trinajstić information content (AvgIpc) is 2.84. The molecule has 5 unspecified atom stereocenters. The van der Waals surface area contributed by atoms with E-state index in [4.69, 9.17) is 4.74 Å². The van der Waals surface area contributed by atoms with Gasteiger partial charge in [-0.1, -0.05) is 18.2 Å². The second kappa shape index (κ2) is 5.21. The monoisotopic (exact) mass is 266 g/mol. The zero-order valence-electron chi connectivity index (χ0n) is 10.1. The standard InChI is InChI=1S/C14H18O3S/c15-12-7-13-10(6-14(16)17-13)11(12)8-18-9-4-2-1-3-5-9/h1-5,10-16H,6-8H2. The first-order valence-electron chi connectivity index (χ1n) is 6.43. The summed E-state index contributed by atoms with van der Waals surface area (Å²) in [6.45, 7) is 0. The smallest absolute Gasteiger partial charge is 0.155 e. The minimum Gasteiger partial charge on any atom is -0.393 e. The van der Waals surface area contributed by atoms with Gasteiger partial charge in [-0.25, -0.2) is 0 Å². The molecule has 1 aliphatic heterocycles. The molecule has 98 valence electrons. The maximum absolute atomic E-state index is 10.1. The van der Waals surface area contributed by atoms with Gasteiger partial charge >= 0.3 is 0 Å². The average molecular weight is 266 g/mol. The van der Waals surface area contributed by atoms with Crippen molar-refractivity contribution in [2.24, 2.45) is 11.8 Å². The number of benzene rings is 1. The SMILES string of the molecule is OC1CC2C(CC(O)C2CSc2ccccc2)O1. The van der Waals surface area contributed by atoms with Crippen LogP contribution in [0.1, 0.15) is 12.8 Å². The van der Waals surface area contributed by atoms with E-state index in [0.717, 1.165) is 5.75 Å². The summed E-state index contributed by atoms with van der Waals surface area (Å²) in [7, 11) is 0. The Hall–Kier alpha value is -0.550. The Morgan fingerprint density at radius 3 is 2.72 bits per heavy atom. The van der Waals surface area contributed by atoms with Crippen molar-refractivity contribution >= 4 is 11.8 Å². The molecule has 5 atom stereocenters. The molecule has 0 amide bonds. The van der Waals surface area contributed by atoms with E-state index in [9.17, 15) is 10.2 Å². The lowest BCUT2D eigenvalue weighted by atomic mass is 9.94. The van der Waals surface area contributed by atoms with E-state index < -0.39 is 6.29 Å². The van der Waals surface area contributed by atoms with Crippen molar-refractivity contribution in [1.82, 2.24) is 0 Å². The van der Waals surface area contributed by atoms with E-state index >= 15 is 0 Å². The molecule has 18 heavy (non-hydrogen) atoms. The third kappa shape index (κ3) is 2.43. The number of fused-ring (bicyclic) bond motifs is 1. The molecule has 0 bridgehead atoms. The molecular formula is C14H18O3S. The second-order valence-corrected chi connectivity index (χ2v) is 6.21. The number of rotatable bonds is 3. The van der Waals surface area contributed by atoms with Crippen molar-refractivity contribution in [2.45, 2.75) is 36.2 Å². The molecule has 0 spiro atoms. The van der Waals surface area contributed by atoms with Gasteiger partial charge in [-0.05, 0) is 24.0 Å². The fourth-order valence-corrected chi connectivity index (χ4v) is 4.27. The Balaban J connectivity index is 1.62. The van der Waals surface area contributed by atoms with Gasteiger partial charge in [0.2, 0.25) is 0 Å². The Kier molecular flexibility index (Phi) is 3.61. The molecule has 0 aromatic heterocycles. The Labute approximate surface area is 111 Å². The molecule has 2 aliphatic rings. The molecule has 2 N–H and O–H groups in total. The maximum atomic E-state index is 10.1. The third-order valence-electron chi connectivity index (χ3n) is 3.99. The van der Waals surface area contributed by atoms with Crippen molar-refractivity contribution in [3.8, 4) is 0 Å². The number of ether oxygens (including phenoxy) is 1. The lowest BCUT2D eigenvalue weighted by Crippen LogP contribution is -2.22. The predicted molar refractivity (Wildman–Crippen MR) is 70.3 cm³/mol. The van der Waals surface area contributed by atoms with Gasteiger partial charge in [0.25, 0.3) is 0 Å². The van der Waals surface area contributed by atoms with Crippen LogP contribution in [0.25, 0.3) is 0 Å².